The molecule has 0 radical (unpaired) electrons. The summed E-state index contributed by atoms with van der Waals surface area (Å²) < 4.78 is 45.4. The third kappa shape index (κ3) is 4.58. The van der Waals surface area contributed by atoms with Gasteiger partial charge in [0.2, 0.25) is 0 Å². The molecular weight excluding hydrogens is 536 g/mol. The largest absolute Gasteiger partial charge is 0.446 e. The van der Waals surface area contributed by atoms with Crippen LogP contribution in [0.15, 0.2) is 76.5 Å². The van der Waals surface area contributed by atoms with Gasteiger partial charge in [-0.25, -0.2) is 27.5 Å². The summed E-state index contributed by atoms with van der Waals surface area (Å²) in [5.41, 5.74) is 2.44. The molecule has 1 N–H and O–H groups in total. The van der Waals surface area contributed by atoms with E-state index < -0.39 is 40.6 Å². The molecule has 3 aliphatic rings. The molecule has 0 unspecified atom stereocenters. The Bertz CT molecular complexity index is 1440. The Balaban J connectivity index is 1.06. The van der Waals surface area contributed by atoms with E-state index in [1.54, 1.807) is 0 Å². The van der Waals surface area contributed by atoms with Crippen LogP contribution in [0.5, 0.6) is 0 Å². The highest BCUT2D eigenvalue weighted by Gasteiger charge is 2.45. The van der Waals surface area contributed by atoms with Gasteiger partial charge in [0.15, 0.2) is 11.6 Å². The molecule has 3 aromatic rings. The van der Waals surface area contributed by atoms with Crippen LogP contribution in [0.2, 0.25) is 0 Å². The zero-order valence-corrected chi connectivity index (χ0v) is 22.6. The monoisotopic (exact) mass is 565 g/mol. The molecule has 10 heteroatoms. The summed E-state index contributed by atoms with van der Waals surface area (Å²) in [6, 6.07) is 18.0. The van der Waals surface area contributed by atoms with E-state index in [1.807, 2.05) is 36.4 Å². The second-order valence-electron chi connectivity index (χ2n) is 10.4. The fourth-order valence-corrected chi connectivity index (χ4v) is 7.77. The molecule has 3 amide bonds. The van der Waals surface area contributed by atoms with Gasteiger partial charge in [0.25, 0.3) is 0 Å². The van der Waals surface area contributed by atoms with Gasteiger partial charge in [-0.2, -0.15) is 0 Å². The summed E-state index contributed by atoms with van der Waals surface area (Å²) in [6.45, 7) is 2.72. The fraction of sp³-hybridized carbons (Fsp3) is 0.333. The molecule has 7 nitrogen and oxygen atoms in total. The van der Waals surface area contributed by atoms with Crippen molar-refractivity contribution in [3.63, 3.8) is 0 Å². The van der Waals surface area contributed by atoms with Crippen LogP contribution in [0.1, 0.15) is 42.0 Å². The number of amides is 3. The summed E-state index contributed by atoms with van der Waals surface area (Å²) in [5, 5.41) is 2.77. The average molecular weight is 566 g/mol. The quantitative estimate of drug-likeness (QED) is 0.435. The van der Waals surface area contributed by atoms with E-state index in [4.69, 9.17) is 4.74 Å². The zero-order chi connectivity index (χ0) is 27.9. The molecular formula is C30H29F2N3O4S. The Hall–Kier alpha value is -3.63. The fourth-order valence-electron chi connectivity index (χ4n) is 6.20. The minimum atomic E-state index is -1.18. The number of imide groups is 1. The van der Waals surface area contributed by atoms with E-state index in [2.05, 4.69) is 22.3 Å². The van der Waals surface area contributed by atoms with Crippen molar-refractivity contribution in [1.82, 2.24) is 15.1 Å². The van der Waals surface area contributed by atoms with Gasteiger partial charge in [0.05, 0.1) is 10.8 Å². The number of hydrogen-bond acceptors (Lipinski definition) is 5. The number of benzene rings is 3. The maximum absolute atomic E-state index is 13.7. The van der Waals surface area contributed by atoms with Crippen LogP contribution < -0.4 is 5.32 Å². The van der Waals surface area contributed by atoms with Crippen molar-refractivity contribution in [2.24, 2.45) is 0 Å². The van der Waals surface area contributed by atoms with E-state index in [-0.39, 0.29) is 17.6 Å². The molecule has 0 saturated carbocycles. The summed E-state index contributed by atoms with van der Waals surface area (Å²) in [4.78, 5) is 30.1. The topological polar surface area (TPSA) is 79.0 Å². The number of halogens is 2. The number of carbonyl (C=O) groups excluding carboxylic acids is 2. The molecule has 2 fully saturated rings. The van der Waals surface area contributed by atoms with Gasteiger partial charge in [-0.3, -0.25) is 0 Å². The van der Waals surface area contributed by atoms with Crippen LogP contribution in [0.4, 0.5) is 18.4 Å². The summed E-state index contributed by atoms with van der Waals surface area (Å²) in [5.74, 6) is -2.05. The molecule has 208 valence electrons. The Kier molecular flexibility index (Phi) is 7.14. The van der Waals surface area contributed by atoms with Crippen LogP contribution in [0, 0.1) is 11.6 Å². The number of carbonyl (C=O) groups is 2. The zero-order valence-electron chi connectivity index (χ0n) is 21.8. The predicted octanol–water partition coefficient (Wildman–Crippen LogP) is 5.12. The molecule has 0 bridgehead atoms. The number of ether oxygens (including phenoxy) is 1. The predicted molar refractivity (Wildman–Crippen MR) is 144 cm³/mol. The van der Waals surface area contributed by atoms with Gasteiger partial charge < -0.3 is 15.0 Å². The number of rotatable bonds is 5. The summed E-state index contributed by atoms with van der Waals surface area (Å²) >= 11 is 0. The van der Waals surface area contributed by atoms with Gasteiger partial charge in [-0.05, 0) is 79.9 Å². The first-order valence-corrected chi connectivity index (χ1v) is 14.6. The molecule has 40 heavy (non-hydrogen) atoms. The van der Waals surface area contributed by atoms with Gasteiger partial charge in [-0.1, -0.05) is 42.5 Å². The van der Waals surface area contributed by atoms with Crippen LogP contribution in [-0.4, -0.2) is 58.9 Å². The Morgan fingerprint density at radius 1 is 0.975 bits per heavy atom. The third-order valence-corrected chi connectivity index (χ3v) is 9.77. The number of cyclic esters (lactones) is 1. The Morgan fingerprint density at radius 3 is 2.27 bits per heavy atom. The highest BCUT2D eigenvalue weighted by Crippen LogP contribution is 2.49. The van der Waals surface area contributed by atoms with E-state index in [1.165, 1.54) is 6.07 Å². The van der Waals surface area contributed by atoms with Crippen molar-refractivity contribution in [2.45, 2.75) is 40.5 Å². The number of likely N-dealkylation sites (tertiary alicyclic amines) is 1. The average Bonchev–Trinajstić information content (AvgIpc) is 3.37. The van der Waals surface area contributed by atoms with Crippen molar-refractivity contribution in [2.75, 3.05) is 32.8 Å². The van der Waals surface area contributed by atoms with Gasteiger partial charge in [0, 0.05) is 21.8 Å². The van der Waals surface area contributed by atoms with Gasteiger partial charge in [0.1, 0.15) is 12.6 Å². The molecule has 0 aromatic heterocycles. The second kappa shape index (κ2) is 10.7. The molecule has 2 saturated heterocycles. The Labute approximate surface area is 233 Å². The smallest absolute Gasteiger partial charge is 0.418 e. The molecule has 1 atom stereocenters. The van der Waals surface area contributed by atoms with Crippen LogP contribution in [0.3, 0.4) is 0 Å². The number of nitrogens with zero attached hydrogens (tertiary/aromatic N) is 2. The van der Waals surface area contributed by atoms with E-state index in [0.29, 0.717) is 13.0 Å². The first kappa shape index (κ1) is 26.6. The van der Waals surface area contributed by atoms with Crippen LogP contribution in [0.25, 0.3) is 0 Å². The number of urea groups is 1. The lowest BCUT2D eigenvalue weighted by Gasteiger charge is -2.46. The molecule has 0 aliphatic carbocycles. The minimum Gasteiger partial charge on any atom is -0.446 e. The van der Waals surface area contributed by atoms with E-state index >= 15 is 0 Å². The lowest BCUT2D eigenvalue weighted by molar-refractivity contribution is 0.157. The maximum atomic E-state index is 13.7. The normalized spacial score (nSPS) is 20.2. The highest BCUT2D eigenvalue weighted by molar-refractivity contribution is 7.85. The third-order valence-electron chi connectivity index (χ3n) is 8.26. The maximum Gasteiger partial charge on any atom is 0.418 e. The van der Waals surface area contributed by atoms with Crippen molar-refractivity contribution in [3.8, 4) is 0 Å². The molecule has 3 heterocycles. The van der Waals surface area contributed by atoms with Gasteiger partial charge in [-0.15, -0.1) is 0 Å². The lowest BCUT2D eigenvalue weighted by Crippen LogP contribution is -2.46. The van der Waals surface area contributed by atoms with Crippen molar-refractivity contribution >= 4 is 22.9 Å². The Morgan fingerprint density at radius 2 is 1.62 bits per heavy atom. The van der Waals surface area contributed by atoms with E-state index in [9.17, 15) is 22.6 Å². The van der Waals surface area contributed by atoms with Crippen LogP contribution >= 0.6 is 0 Å². The highest BCUT2D eigenvalue weighted by atomic mass is 32.2. The molecule has 3 aliphatic heterocycles. The number of fused-ring (bicyclic) bond motifs is 4. The first-order valence-electron chi connectivity index (χ1n) is 13.4. The molecule has 3 aromatic carbocycles. The van der Waals surface area contributed by atoms with Crippen LogP contribution in [-0.2, 0) is 21.0 Å². The summed E-state index contributed by atoms with van der Waals surface area (Å²) in [6.07, 6.45) is 1.66. The number of nitrogens with one attached hydrogen (secondary N) is 1. The van der Waals surface area contributed by atoms with Crippen molar-refractivity contribution < 1.29 is 27.3 Å². The standard InChI is InChI=1S/C30H29F2N3O4S/c31-23-11-10-20(18-24(23)32)25-19-39-29(37)35(25)28(36)33-14-5-15-34-16-12-30(13-17-34)21-6-1-3-8-26(21)40(38)27-9-4-2-7-22(27)30/h1-4,6-11,18,25H,5,12-17,19H2,(H,33,36)/t25-/m1/s1. The first-order chi connectivity index (χ1) is 19.4. The second-order valence-corrected chi connectivity index (χ2v) is 11.8. The van der Waals surface area contributed by atoms with Gasteiger partial charge >= 0.3 is 12.1 Å². The number of hydrogen-bond donors (Lipinski definition) is 1. The van der Waals surface area contributed by atoms with Crippen molar-refractivity contribution in [3.05, 3.63) is 95.1 Å². The number of piperidine rings is 1. The molecule has 6 rings (SSSR count). The minimum absolute atomic E-state index is 0.118. The molecule has 1 spiro atoms. The summed E-state index contributed by atoms with van der Waals surface area (Å²) in [7, 11) is -1.18. The van der Waals surface area contributed by atoms with E-state index in [0.717, 1.165) is 70.4 Å². The lowest BCUT2D eigenvalue weighted by atomic mass is 9.67. The van der Waals surface area contributed by atoms with Crippen molar-refractivity contribution in [1.29, 1.82) is 0 Å². The SMILES string of the molecule is O=C(NCCCN1CCC2(CC1)c1ccccc1S(=O)c1ccccc12)N1C(=O)OC[C@@H]1c1ccc(F)c(F)c1.